The fourth-order valence-corrected chi connectivity index (χ4v) is 2.40. The van der Waals surface area contributed by atoms with Crippen molar-refractivity contribution in [1.29, 1.82) is 0 Å². The number of H-pyrrole nitrogens is 1. The van der Waals surface area contributed by atoms with Crippen LogP contribution in [-0.2, 0) is 13.1 Å². The quantitative estimate of drug-likeness (QED) is 0.331. The summed E-state index contributed by atoms with van der Waals surface area (Å²) < 4.78 is 5.55. The third-order valence-corrected chi connectivity index (χ3v) is 3.74. The Bertz CT molecular complexity index is 784. The summed E-state index contributed by atoms with van der Waals surface area (Å²) >= 11 is 0. The van der Waals surface area contributed by atoms with E-state index in [1.54, 1.807) is 7.05 Å². The van der Waals surface area contributed by atoms with E-state index in [0.717, 1.165) is 22.7 Å². The number of nitrogens with one attached hydrogen (secondary N) is 3. The lowest BCUT2D eigenvalue weighted by Crippen LogP contribution is -2.36. The van der Waals surface area contributed by atoms with E-state index in [1.807, 2.05) is 26.0 Å². The van der Waals surface area contributed by atoms with E-state index >= 15 is 0 Å². The number of para-hydroxylation sites is 1. The van der Waals surface area contributed by atoms with Gasteiger partial charge >= 0.3 is 0 Å². The minimum atomic E-state index is 0. The number of hydrogen-bond acceptors (Lipinski definition) is 3. The van der Waals surface area contributed by atoms with Gasteiger partial charge in [0.1, 0.15) is 5.76 Å². The number of guanidine groups is 1. The molecule has 0 radical (unpaired) electrons. The lowest BCUT2D eigenvalue weighted by atomic mass is 10.2. The molecular weight excluding hydrogens is 417 g/mol. The van der Waals surface area contributed by atoms with Crippen molar-refractivity contribution in [1.82, 2.24) is 20.6 Å². The van der Waals surface area contributed by atoms with Crippen molar-refractivity contribution < 1.29 is 4.42 Å². The Hall–Kier alpha value is -2.03. The van der Waals surface area contributed by atoms with E-state index in [9.17, 15) is 0 Å². The van der Waals surface area contributed by atoms with E-state index in [1.165, 1.54) is 5.39 Å². The second-order valence-electron chi connectivity index (χ2n) is 5.41. The zero-order valence-electron chi connectivity index (χ0n) is 14.0. The first-order chi connectivity index (χ1) is 11.2. The zero-order chi connectivity index (χ0) is 16.2. The second kappa shape index (κ2) is 8.18. The van der Waals surface area contributed by atoms with Crippen molar-refractivity contribution >= 4 is 40.8 Å². The van der Waals surface area contributed by atoms with Crippen molar-refractivity contribution in [3.63, 3.8) is 0 Å². The molecule has 24 heavy (non-hydrogen) atoms. The molecule has 7 heteroatoms. The SMILES string of the molecule is CN=C(NCc1cc2ccccc2[nH]1)NCc1nc(C)c(C)o1.I. The lowest BCUT2D eigenvalue weighted by Gasteiger charge is -2.09. The molecule has 0 aliphatic heterocycles. The molecule has 0 aliphatic rings. The number of nitrogens with zero attached hydrogens (tertiary/aromatic N) is 2. The number of aryl methyl sites for hydroxylation is 2. The Morgan fingerprint density at radius 1 is 1.21 bits per heavy atom. The molecule has 3 rings (SSSR count). The van der Waals surface area contributed by atoms with Gasteiger partial charge in [0.15, 0.2) is 5.96 Å². The van der Waals surface area contributed by atoms with Crippen LogP contribution in [0, 0.1) is 13.8 Å². The van der Waals surface area contributed by atoms with Crippen molar-refractivity contribution in [2.75, 3.05) is 7.05 Å². The largest absolute Gasteiger partial charge is 0.444 e. The monoisotopic (exact) mass is 439 g/mol. The van der Waals surface area contributed by atoms with Crippen LogP contribution in [0.5, 0.6) is 0 Å². The van der Waals surface area contributed by atoms with Gasteiger partial charge < -0.3 is 20.0 Å². The van der Waals surface area contributed by atoms with Crippen LogP contribution in [0.1, 0.15) is 23.0 Å². The third-order valence-electron chi connectivity index (χ3n) is 3.74. The smallest absolute Gasteiger partial charge is 0.214 e. The van der Waals surface area contributed by atoms with E-state index in [4.69, 9.17) is 4.42 Å². The Labute approximate surface area is 158 Å². The maximum atomic E-state index is 5.55. The van der Waals surface area contributed by atoms with E-state index < -0.39 is 0 Å². The lowest BCUT2D eigenvalue weighted by molar-refractivity contribution is 0.463. The number of oxazole rings is 1. The van der Waals surface area contributed by atoms with Crippen molar-refractivity contribution in [2.45, 2.75) is 26.9 Å². The van der Waals surface area contributed by atoms with Crippen LogP contribution in [0.15, 0.2) is 39.7 Å². The fraction of sp³-hybridized carbons (Fsp3) is 0.294. The van der Waals surface area contributed by atoms with Gasteiger partial charge in [0.05, 0.1) is 18.8 Å². The van der Waals surface area contributed by atoms with Gasteiger partial charge in [0.25, 0.3) is 0 Å². The van der Waals surface area contributed by atoms with Gasteiger partial charge in [0, 0.05) is 18.3 Å². The summed E-state index contributed by atoms with van der Waals surface area (Å²) in [7, 11) is 1.74. The number of rotatable bonds is 4. The average Bonchev–Trinajstić information content (AvgIpc) is 3.10. The van der Waals surface area contributed by atoms with Gasteiger partial charge in [-0.15, -0.1) is 24.0 Å². The molecule has 6 nitrogen and oxygen atoms in total. The summed E-state index contributed by atoms with van der Waals surface area (Å²) in [5.74, 6) is 2.22. The topological polar surface area (TPSA) is 78.2 Å². The minimum absolute atomic E-state index is 0. The molecule has 3 N–H and O–H groups in total. The van der Waals surface area contributed by atoms with Gasteiger partial charge in [-0.1, -0.05) is 18.2 Å². The maximum Gasteiger partial charge on any atom is 0.214 e. The van der Waals surface area contributed by atoms with Crippen LogP contribution in [0.25, 0.3) is 10.9 Å². The first-order valence-corrected chi connectivity index (χ1v) is 7.60. The zero-order valence-corrected chi connectivity index (χ0v) is 16.3. The van der Waals surface area contributed by atoms with Crippen LogP contribution in [0.3, 0.4) is 0 Å². The number of aromatic nitrogens is 2. The van der Waals surface area contributed by atoms with Crippen molar-refractivity contribution in [3.05, 3.63) is 53.4 Å². The number of fused-ring (bicyclic) bond motifs is 1. The Balaban J connectivity index is 0.00000208. The first kappa shape index (κ1) is 18.3. The van der Waals surface area contributed by atoms with Crippen LogP contribution in [0.2, 0.25) is 0 Å². The maximum absolute atomic E-state index is 5.55. The molecule has 0 saturated carbocycles. The first-order valence-electron chi connectivity index (χ1n) is 7.60. The van der Waals surface area contributed by atoms with Gasteiger partial charge in [-0.25, -0.2) is 4.98 Å². The third kappa shape index (κ3) is 4.28. The molecule has 2 heterocycles. The highest BCUT2D eigenvalue weighted by Gasteiger charge is 2.07. The number of aliphatic imine (C=N–C) groups is 1. The predicted octanol–water partition coefficient (Wildman–Crippen LogP) is 3.26. The van der Waals surface area contributed by atoms with Gasteiger partial charge in [-0.05, 0) is 31.4 Å². The van der Waals surface area contributed by atoms with Crippen LogP contribution in [0.4, 0.5) is 0 Å². The van der Waals surface area contributed by atoms with Crippen molar-refractivity contribution in [2.24, 2.45) is 4.99 Å². The molecule has 2 aromatic heterocycles. The highest BCUT2D eigenvalue weighted by Crippen LogP contribution is 2.14. The molecule has 0 fully saturated rings. The Morgan fingerprint density at radius 3 is 2.62 bits per heavy atom. The molecule has 0 atom stereocenters. The number of aromatic amines is 1. The highest BCUT2D eigenvalue weighted by molar-refractivity contribution is 14.0. The van der Waals surface area contributed by atoms with Crippen molar-refractivity contribution in [3.8, 4) is 0 Å². The molecule has 3 aromatic rings. The Morgan fingerprint density at radius 2 is 1.96 bits per heavy atom. The van der Waals surface area contributed by atoms with E-state index in [2.05, 4.69) is 43.8 Å². The number of halogens is 1. The predicted molar refractivity (Wildman–Crippen MR) is 107 cm³/mol. The molecule has 0 amide bonds. The highest BCUT2D eigenvalue weighted by atomic mass is 127. The summed E-state index contributed by atoms with van der Waals surface area (Å²) in [6.45, 7) is 5.01. The summed E-state index contributed by atoms with van der Waals surface area (Å²) in [4.78, 5) is 11.9. The molecule has 1 aromatic carbocycles. The number of hydrogen-bond donors (Lipinski definition) is 3. The van der Waals surface area contributed by atoms with Crippen LogP contribution >= 0.6 is 24.0 Å². The Kier molecular flexibility index (Phi) is 6.24. The second-order valence-corrected chi connectivity index (χ2v) is 5.41. The molecule has 0 bridgehead atoms. The molecule has 0 aliphatic carbocycles. The number of benzene rings is 1. The molecule has 0 spiro atoms. The summed E-state index contributed by atoms with van der Waals surface area (Å²) in [6.07, 6.45) is 0. The van der Waals surface area contributed by atoms with Gasteiger partial charge in [-0.3, -0.25) is 4.99 Å². The van der Waals surface area contributed by atoms with Gasteiger partial charge in [0.2, 0.25) is 5.89 Å². The molecule has 0 saturated heterocycles. The van der Waals surface area contributed by atoms with E-state index in [0.29, 0.717) is 24.9 Å². The van der Waals surface area contributed by atoms with Gasteiger partial charge in [-0.2, -0.15) is 0 Å². The minimum Gasteiger partial charge on any atom is -0.444 e. The van der Waals surface area contributed by atoms with Crippen LogP contribution < -0.4 is 10.6 Å². The summed E-state index contributed by atoms with van der Waals surface area (Å²) in [5, 5.41) is 7.68. The standard InChI is InChI=1S/C17H21N5O.HI/c1-11-12(2)23-16(21-11)10-20-17(18-3)19-9-14-8-13-6-4-5-7-15(13)22-14;/h4-8,22H,9-10H2,1-3H3,(H2,18,19,20);1H. The fourth-order valence-electron chi connectivity index (χ4n) is 2.40. The normalized spacial score (nSPS) is 11.4. The molecular formula is C17H22IN5O. The van der Waals surface area contributed by atoms with Crippen LogP contribution in [-0.4, -0.2) is 23.0 Å². The summed E-state index contributed by atoms with van der Waals surface area (Å²) in [6, 6.07) is 10.4. The average molecular weight is 439 g/mol. The molecule has 128 valence electrons. The summed E-state index contributed by atoms with van der Waals surface area (Å²) in [5.41, 5.74) is 3.16. The molecule has 0 unspecified atom stereocenters. The van der Waals surface area contributed by atoms with E-state index in [-0.39, 0.29) is 24.0 Å².